The average molecular weight is 222 g/mol. The fourth-order valence-corrected chi connectivity index (χ4v) is 1.52. The molecule has 0 fully saturated rings. The first kappa shape index (κ1) is 7.74. The van der Waals surface area contributed by atoms with Gasteiger partial charge >= 0.3 is 0 Å². The van der Waals surface area contributed by atoms with Gasteiger partial charge in [0.15, 0.2) is 0 Å². The van der Waals surface area contributed by atoms with Crippen LogP contribution in [0.3, 0.4) is 0 Å². The Labute approximate surface area is 79.6 Å². The minimum atomic E-state index is 1.04. The lowest BCUT2D eigenvalue weighted by Gasteiger charge is -2.00. The Bertz CT molecular complexity index is 383. The summed E-state index contributed by atoms with van der Waals surface area (Å²) < 4.78 is 1.07. The molecule has 0 N–H and O–H groups in total. The van der Waals surface area contributed by atoms with E-state index in [-0.39, 0.29) is 0 Å². The van der Waals surface area contributed by atoms with Gasteiger partial charge in [0.2, 0.25) is 0 Å². The molecule has 0 radical (unpaired) electrons. The summed E-state index contributed by atoms with van der Waals surface area (Å²) in [6.45, 7) is 2.00. The number of para-hydroxylation sites is 1. The van der Waals surface area contributed by atoms with Crippen molar-refractivity contribution in [3.05, 3.63) is 40.5 Å². The van der Waals surface area contributed by atoms with Gasteiger partial charge in [0.05, 0.1) is 11.2 Å². The molecule has 0 aliphatic rings. The van der Waals surface area contributed by atoms with E-state index in [1.54, 1.807) is 0 Å². The monoisotopic (exact) mass is 221 g/mol. The number of aryl methyl sites for hydroxylation is 1. The highest BCUT2D eigenvalue weighted by atomic mass is 79.9. The minimum Gasteiger partial charge on any atom is -0.252 e. The third-order valence-electron chi connectivity index (χ3n) is 1.85. The first-order chi connectivity index (χ1) is 5.77. The fourth-order valence-electron chi connectivity index (χ4n) is 1.19. The van der Waals surface area contributed by atoms with Gasteiger partial charge in [-0.05, 0) is 35.0 Å². The normalized spacial score (nSPS) is 10.5. The molecule has 0 atom stereocenters. The van der Waals surface area contributed by atoms with Crippen molar-refractivity contribution in [3.63, 3.8) is 0 Å². The highest BCUT2D eigenvalue weighted by Gasteiger charge is 1.98. The second-order valence-corrected chi connectivity index (χ2v) is 3.60. The topological polar surface area (TPSA) is 12.9 Å². The Morgan fingerprint density at radius 1 is 1.25 bits per heavy atom. The SMILES string of the molecule is Cc1nc2ccccc2cc1Br. The van der Waals surface area contributed by atoms with Gasteiger partial charge in [-0.25, -0.2) is 0 Å². The lowest BCUT2D eigenvalue weighted by atomic mass is 10.2. The zero-order valence-electron chi connectivity index (χ0n) is 6.71. The molecule has 2 heteroatoms. The van der Waals surface area contributed by atoms with Crippen LogP contribution < -0.4 is 0 Å². The third kappa shape index (κ3) is 1.23. The summed E-state index contributed by atoms with van der Waals surface area (Å²) >= 11 is 3.45. The molecule has 0 unspecified atom stereocenters. The number of halogens is 1. The Kier molecular flexibility index (Phi) is 1.85. The maximum absolute atomic E-state index is 4.43. The molecule has 0 bridgehead atoms. The van der Waals surface area contributed by atoms with Crippen LogP contribution in [-0.2, 0) is 0 Å². The van der Waals surface area contributed by atoms with Crippen LogP contribution in [0.25, 0.3) is 10.9 Å². The molecule has 0 saturated carbocycles. The number of fused-ring (bicyclic) bond motifs is 1. The second-order valence-electron chi connectivity index (χ2n) is 2.75. The van der Waals surface area contributed by atoms with E-state index in [0.29, 0.717) is 0 Å². The summed E-state index contributed by atoms with van der Waals surface area (Å²) in [6, 6.07) is 10.2. The highest BCUT2D eigenvalue weighted by Crippen LogP contribution is 2.20. The van der Waals surface area contributed by atoms with E-state index >= 15 is 0 Å². The van der Waals surface area contributed by atoms with Crippen LogP contribution in [0.15, 0.2) is 34.8 Å². The van der Waals surface area contributed by atoms with Crippen LogP contribution in [0, 0.1) is 6.92 Å². The largest absolute Gasteiger partial charge is 0.252 e. The zero-order chi connectivity index (χ0) is 8.55. The molecular formula is C10H8BrN. The number of nitrogens with zero attached hydrogens (tertiary/aromatic N) is 1. The van der Waals surface area contributed by atoms with Crippen LogP contribution in [0.2, 0.25) is 0 Å². The van der Waals surface area contributed by atoms with Crippen molar-refractivity contribution in [2.75, 3.05) is 0 Å². The summed E-state index contributed by atoms with van der Waals surface area (Å²) in [5.74, 6) is 0. The Hall–Kier alpha value is -0.890. The molecule has 2 aromatic rings. The molecule has 0 spiro atoms. The standard InChI is InChI=1S/C10H8BrN/c1-7-9(11)6-8-4-2-3-5-10(8)12-7/h2-6H,1H3. The van der Waals surface area contributed by atoms with Gasteiger partial charge in [-0.15, -0.1) is 0 Å². The molecular weight excluding hydrogens is 214 g/mol. The summed E-state index contributed by atoms with van der Waals surface area (Å²) in [7, 11) is 0. The number of aromatic nitrogens is 1. The van der Waals surface area contributed by atoms with E-state index in [1.807, 2.05) is 25.1 Å². The second kappa shape index (κ2) is 2.87. The van der Waals surface area contributed by atoms with Gasteiger partial charge in [0.1, 0.15) is 0 Å². The molecule has 0 aliphatic heterocycles. The predicted octanol–water partition coefficient (Wildman–Crippen LogP) is 3.31. The average Bonchev–Trinajstić information content (AvgIpc) is 2.07. The van der Waals surface area contributed by atoms with Crippen molar-refractivity contribution in [1.29, 1.82) is 0 Å². The van der Waals surface area contributed by atoms with Crippen molar-refractivity contribution in [3.8, 4) is 0 Å². The number of benzene rings is 1. The maximum atomic E-state index is 4.43. The fraction of sp³-hybridized carbons (Fsp3) is 0.100. The van der Waals surface area contributed by atoms with Crippen LogP contribution in [0.5, 0.6) is 0 Å². The van der Waals surface area contributed by atoms with E-state index in [9.17, 15) is 0 Å². The van der Waals surface area contributed by atoms with Crippen molar-refractivity contribution in [2.45, 2.75) is 6.92 Å². The van der Waals surface area contributed by atoms with Crippen molar-refractivity contribution >= 4 is 26.8 Å². The first-order valence-corrected chi connectivity index (χ1v) is 4.58. The van der Waals surface area contributed by atoms with E-state index in [4.69, 9.17) is 0 Å². The Morgan fingerprint density at radius 2 is 2.00 bits per heavy atom. The van der Waals surface area contributed by atoms with Crippen LogP contribution in [0.4, 0.5) is 0 Å². The molecule has 0 aliphatic carbocycles. The lowest BCUT2D eigenvalue weighted by Crippen LogP contribution is -1.84. The predicted molar refractivity (Wildman–Crippen MR) is 54.2 cm³/mol. The number of hydrogen-bond donors (Lipinski definition) is 0. The van der Waals surface area contributed by atoms with Gasteiger partial charge < -0.3 is 0 Å². The molecule has 2 rings (SSSR count). The van der Waals surface area contributed by atoms with Crippen molar-refractivity contribution in [1.82, 2.24) is 4.98 Å². The van der Waals surface area contributed by atoms with E-state index in [1.165, 1.54) is 5.39 Å². The molecule has 1 aromatic carbocycles. The molecule has 60 valence electrons. The van der Waals surface area contributed by atoms with E-state index < -0.39 is 0 Å². The van der Waals surface area contributed by atoms with Crippen LogP contribution in [-0.4, -0.2) is 4.98 Å². The molecule has 1 nitrogen and oxygen atoms in total. The van der Waals surface area contributed by atoms with Gasteiger partial charge in [0, 0.05) is 9.86 Å². The highest BCUT2D eigenvalue weighted by molar-refractivity contribution is 9.10. The maximum Gasteiger partial charge on any atom is 0.0706 e. The summed E-state index contributed by atoms with van der Waals surface area (Å²) in [4.78, 5) is 4.43. The summed E-state index contributed by atoms with van der Waals surface area (Å²) in [6.07, 6.45) is 0. The third-order valence-corrected chi connectivity index (χ3v) is 2.66. The van der Waals surface area contributed by atoms with Gasteiger partial charge in [-0.2, -0.15) is 0 Å². The van der Waals surface area contributed by atoms with Gasteiger partial charge in [0.25, 0.3) is 0 Å². The minimum absolute atomic E-state index is 1.04. The molecule has 1 heterocycles. The number of hydrogen-bond acceptors (Lipinski definition) is 1. The van der Waals surface area contributed by atoms with Crippen LogP contribution >= 0.6 is 15.9 Å². The number of pyridine rings is 1. The Morgan fingerprint density at radius 3 is 2.83 bits per heavy atom. The number of rotatable bonds is 0. The van der Waals surface area contributed by atoms with Gasteiger partial charge in [-0.1, -0.05) is 18.2 Å². The molecule has 12 heavy (non-hydrogen) atoms. The summed E-state index contributed by atoms with van der Waals surface area (Å²) in [5, 5.41) is 1.18. The zero-order valence-corrected chi connectivity index (χ0v) is 8.30. The van der Waals surface area contributed by atoms with Gasteiger partial charge in [-0.3, -0.25) is 4.98 Å². The molecule has 0 saturated heterocycles. The lowest BCUT2D eigenvalue weighted by molar-refractivity contribution is 1.23. The Balaban J connectivity index is 2.84. The smallest absolute Gasteiger partial charge is 0.0706 e. The molecule has 1 aromatic heterocycles. The summed E-state index contributed by atoms with van der Waals surface area (Å²) in [5.41, 5.74) is 2.09. The van der Waals surface area contributed by atoms with Crippen molar-refractivity contribution in [2.24, 2.45) is 0 Å². The molecule has 0 amide bonds. The quantitative estimate of drug-likeness (QED) is 0.666. The van der Waals surface area contributed by atoms with E-state index in [2.05, 4.69) is 33.0 Å². The first-order valence-electron chi connectivity index (χ1n) is 3.79. The van der Waals surface area contributed by atoms with E-state index in [0.717, 1.165) is 15.7 Å². The van der Waals surface area contributed by atoms with Crippen molar-refractivity contribution < 1.29 is 0 Å². The van der Waals surface area contributed by atoms with Crippen LogP contribution in [0.1, 0.15) is 5.69 Å².